The van der Waals surface area contributed by atoms with E-state index in [0.717, 1.165) is 23.0 Å². The smallest absolute Gasteiger partial charge is 0.271 e. The standard InChI is InChI=1S/C16H15BrN2O2/c17-16-7-2-1-6-15(16)11-8-13(9-11)18-12-4-3-5-14(10-12)19(20)21/h1-7,10-11,13,18H,8-9H2. The minimum atomic E-state index is -0.365. The van der Waals surface area contributed by atoms with Crippen LogP contribution in [-0.2, 0) is 0 Å². The van der Waals surface area contributed by atoms with E-state index in [-0.39, 0.29) is 10.6 Å². The second-order valence-electron chi connectivity index (χ2n) is 5.34. The summed E-state index contributed by atoms with van der Waals surface area (Å²) >= 11 is 3.59. The Bertz CT molecular complexity index is 669. The third-order valence-electron chi connectivity index (χ3n) is 3.91. The van der Waals surface area contributed by atoms with Crippen molar-refractivity contribution >= 4 is 27.3 Å². The van der Waals surface area contributed by atoms with Gasteiger partial charge in [0.1, 0.15) is 0 Å². The number of benzene rings is 2. The van der Waals surface area contributed by atoms with E-state index in [1.165, 1.54) is 11.6 Å². The predicted molar refractivity (Wildman–Crippen MR) is 86.6 cm³/mol. The molecule has 0 atom stereocenters. The molecule has 0 saturated heterocycles. The van der Waals surface area contributed by atoms with Gasteiger partial charge >= 0.3 is 0 Å². The molecule has 21 heavy (non-hydrogen) atoms. The summed E-state index contributed by atoms with van der Waals surface area (Å²) in [6.45, 7) is 0. The number of hydrogen-bond acceptors (Lipinski definition) is 3. The van der Waals surface area contributed by atoms with Crippen molar-refractivity contribution in [3.05, 3.63) is 68.7 Å². The number of halogens is 1. The van der Waals surface area contributed by atoms with Crippen LogP contribution in [0, 0.1) is 10.1 Å². The Morgan fingerprint density at radius 2 is 1.90 bits per heavy atom. The molecule has 0 radical (unpaired) electrons. The summed E-state index contributed by atoms with van der Waals surface area (Å²) < 4.78 is 1.16. The maximum absolute atomic E-state index is 10.8. The van der Waals surface area contributed by atoms with Crippen LogP contribution in [-0.4, -0.2) is 11.0 Å². The number of non-ortho nitro benzene ring substituents is 1. The van der Waals surface area contributed by atoms with Crippen LogP contribution < -0.4 is 5.32 Å². The van der Waals surface area contributed by atoms with Gasteiger partial charge in [0.25, 0.3) is 5.69 Å². The van der Waals surface area contributed by atoms with Crippen LogP contribution in [0.4, 0.5) is 11.4 Å². The van der Waals surface area contributed by atoms with E-state index in [4.69, 9.17) is 0 Å². The SMILES string of the molecule is O=[N+]([O-])c1cccc(NC2CC(c3ccccc3Br)C2)c1. The molecule has 1 aliphatic rings. The molecule has 0 amide bonds. The first-order valence-electron chi connectivity index (χ1n) is 6.89. The van der Waals surface area contributed by atoms with E-state index in [0.29, 0.717) is 12.0 Å². The molecular formula is C16H15BrN2O2. The first-order chi connectivity index (χ1) is 10.1. The highest BCUT2D eigenvalue weighted by molar-refractivity contribution is 9.10. The first-order valence-corrected chi connectivity index (χ1v) is 7.68. The van der Waals surface area contributed by atoms with Crippen LogP contribution in [0.25, 0.3) is 0 Å². The van der Waals surface area contributed by atoms with Crippen molar-refractivity contribution in [1.29, 1.82) is 0 Å². The molecule has 1 aliphatic carbocycles. The maximum atomic E-state index is 10.8. The van der Waals surface area contributed by atoms with Crippen molar-refractivity contribution in [3.63, 3.8) is 0 Å². The summed E-state index contributed by atoms with van der Waals surface area (Å²) in [4.78, 5) is 10.4. The van der Waals surface area contributed by atoms with Crippen LogP contribution >= 0.6 is 15.9 Å². The number of rotatable bonds is 4. The van der Waals surface area contributed by atoms with Gasteiger partial charge in [0.2, 0.25) is 0 Å². The summed E-state index contributed by atoms with van der Waals surface area (Å²) in [5.74, 6) is 0.553. The molecule has 2 aromatic carbocycles. The van der Waals surface area contributed by atoms with E-state index in [9.17, 15) is 10.1 Å². The zero-order chi connectivity index (χ0) is 14.8. The molecule has 108 valence electrons. The third kappa shape index (κ3) is 3.08. The molecule has 3 rings (SSSR count). The molecule has 0 aromatic heterocycles. The number of nitrogens with one attached hydrogen (secondary N) is 1. The maximum Gasteiger partial charge on any atom is 0.271 e. The van der Waals surface area contributed by atoms with Gasteiger partial charge in [-0.05, 0) is 36.5 Å². The van der Waals surface area contributed by atoms with E-state index < -0.39 is 0 Å². The van der Waals surface area contributed by atoms with Gasteiger partial charge in [-0.1, -0.05) is 40.2 Å². The second kappa shape index (κ2) is 5.85. The lowest BCUT2D eigenvalue weighted by molar-refractivity contribution is -0.384. The summed E-state index contributed by atoms with van der Waals surface area (Å²) in [7, 11) is 0. The number of nitro groups is 1. The normalized spacial score (nSPS) is 20.6. The monoisotopic (exact) mass is 346 g/mol. The van der Waals surface area contributed by atoms with E-state index in [1.54, 1.807) is 12.1 Å². The molecular weight excluding hydrogens is 332 g/mol. The molecule has 5 heteroatoms. The minimum Gasteiger partial charge on any atom is -0.382 e. The molecule has 1 fully saturated rings. The van der Waals surface area contributed by atoms with Gasteiger partial charge in [-0.2, -0.15) is 0 Å². The number of nitro benzene ring substituents is 1. The average Bonchev–Trinajstić information content (AvgIpc) is 2.44. The van der Waals surface area contributed by atoms with Crippen LogP contribution in [0.3, 0.4) is 0 Å². The molecule has 2 aromatic rings. The fourth-order valence-electron chi connectivity index (χ4n) is 2.74. The molecule has 4 nitrogen and oxygen atoms in total. The van der Waals surface area contributed by atoms with Gasteiger partial charge in [-0.3, -0.25) is 10.1 Å². The zero-order valence-corrected chi connectivity index (χ0v) is 12.9. The van der Waals surface area contributed by atoms with Gasteiger partial charge < -0.3 is 5.32 Å². The molecule has 1 saturated carbocycles. The van der Waals surface area contributed by atoms with Crippen LogP contribution in [0.15, 0.2) is 53.0 Å². The fraction of sp³-hybridized carbons (Fsp3) is 0.250. The Kier molecular flexibility index (Phi) is 3.92. The largest absolute Gasteiger partial charge is 0.382 e. The zero-order valence-electron chi connectivity index (χ0n) is 11.3. The lowest BCUT2D eigenvalue weighted by Crippen LogP contribution is -2.34. The Morgan fingerprint density at radius 1 is 1.14 bits per heavy atom. The van der Waals surface area contributed by atoms with E-state index >= 15 is 0 Å². The lowest BCUT2D eigenvalue weighted by atomic mass is 9.76. The predicted octanol–water partition coefficient (Wildman–Crippen LogP) is 4.72. The topological polar surface area (TPSA) is 55.2 Å². The van der Waals surface area contributed by atoms with Crippen molar-refractivity contribution in [2.45, 2.75) is 24.8 Å². The quantitative estimate of drug-likeness (QED) is 0.643. The Labute approximate surface area is 131 Å². The van der Waals surface area contributed by atoms with Gasteiger partial charge in [0.05, 0.1) is 4.92 Å². The van der Waals surface area contributed by atoms with Gasteiger partial charge in [-0.25, -0.2) is 0 Å². The Morgan fingerprint density at radius 3 is 2.62 bits per heavy atom. The van der Waals surface area contributed by atoms with Gasteiger partial charge in [-0.15, -0.1) is 0 Å². The van der Waals surface area contributed by atoms with Crippen molar-refractivity contribution in [1.82, 2.24) is 0 Å². The van der Waals surface area contributed by atoms with Crippen molar-refractivity contribution in [3.8, 4) is 0 Å². The van der Waals surface area contributed by atoms with Crippen LogP contribution in [0.2, 0.25) is 0 Å². The summed E-state index contributed by atoms with van der Waals surface area (Å²) in [5, 5.41) is 14.1. The average molecular weight is 347 g/mol. The second-order valence-corrected chi connectivity index (χ2v) is 6.19. The van der Waals surface area contributed by atoms with Gasteiger partial charge in [0.15, 0.2) is 0 Å². The molecule has 0 bridgehead atoms. The first kappa shape index (κ1) is 14.1. The summed E-state index contributed by atoms with van der Waals surface area (Å²) in [6, 6.07) is 15.4. The highest BCUT2D eigenvalue weighted by Gasteiger charge is 2.31. The summed E-state index contributed by atoms with van der Waals surface area (Å²) in [6.07, 6.45) is 2.09. The number of anilines is 1. The molecule has 0 aliphatic heterocycles. The van der Waals surface area contributed by atoms with E-state index in [2.05, 4.69) is 39.4 Å². The Hall–Kier alpha value is -1.88. The molecule has 0 spiro atoms. The van der Waals surface area contributed by atoms with Crippen molar-refractivity contribution in [2.24, 2.45) is 0 Å². The number of nitrogens with zero attached hydrogens (tertiary/aromatic N) is 1. The van der Waals surface area contributed by atoms with Crippen LogP contribution in [0.5, 0.6) is 0 Å². The molecule has 0 unspecified atom stereocenters. The lowest BCUT2D eigenvalue weighted by Gasteiger charge is -2.37. The highest BCUT2D eigenvalue weighted by Crippen LogP contribution is 2.41. The minimum absolute atomic E-state index is 0.127. The molecule has 1 N–H and O–H groups in total. The number of hydrogen-bond donors (Lipinski definition) is 1. The summed E-state index contributed by atoms with van der Waals surface area (Å²) in [5.41, 5.74) is 2.29. The van der Waals surface area contributed by atoms with Gasteiger partial charge in [0, 0.05) is 28.3 Å². The fourth-order valence-corrected chi connectivity index (χ4v) is 3.35. The third-order valence-corrected chi connectivity index (χ3v) is 4.63. The van der Waals surface area contributed by atoms with Crippen molar-refractivity contribution in [2.75, 3.05) is 5.32 Å². The molecule has 0 heterocycles. The highest BCUT2D eigenvalue weighted by atomic mass is 79.9. The van der Waals surface area contributed by atoms with E-state index in [1.807, 2.05) is 12.1 Å². The van der Waals surface area contributed by atoms with Crippen molar-refractivity contribution < 1.29 is 4.92 Å². The van der Waals surface area contributed by atoms with Crippen LogP contribution in [0.1, 0.15) is 24.3 Å². The Balaban J connectivity index is 1.61.